The van der Waals surface area contributed by atoms with Gasteiger partial charge in [-0.1, -0.05) is 35.3 Å². The summed E-state index contributed by atoms with van der Waals surface area (Å²) < 4.78 is 22.8. The Labute approximate surface area is 117 Å². The second kappa shape index (κ2) is 5.37. The van der Waals surface area contributed by atoms with Crippen molar-refractivity contribution in [3.8, 4) is 0 Å². The van der Waals surface area contributed by atoms with Crippen LogP contribution in [-0.2, 0) is 16.3 Å². The van der Waals surface area contributed by atoms with Gasteiger partial charge in [0.1, 0.15) is 0 Å². The minimum absolute atomic E-state index is 0.0186. The first-order valence-corrected chi connectivity index (χ1v) is 8.35. The van der Waals surface area contributed by atoms with Crippen LogP contribution in [0.2, 0.25) is 10.0 Å². The first kappa shape index (κ1) is 14.1. The SMILES string of the molecule is NC(Cc1cccc(Cl)c1Cl)C1CCS(=O)(=O)C1. The summed E-state index contributed by atoms with van der Waals surface area (Å²) in [6, 6.07) is 5.22. The Morgan fingerprint density at radius 2 is 2.11 bits per heavy atom. The quantitative estimate of drug-likeness (QED) is 0.932. The molecule has 0 amide bonds. The minimum atomic E-state index is -2.89. The molecule has 2 N–H and O–H groups in total. The number of sulfone groups is 1. The summed E-state index contributed by atoms with van der Waals surface area (Å²) in [5, 5.41) is 1.01. The summed E-state index contributed by atoms with van der Waals surface area (Å²) >= 11 is 12.0. The second-order valence-electron chi connectivity index (χ2n) is 4.74. The van der Waals surface area contributed by atoms with Gasteiger partial charge in [0.25, 0.3) is 0 Å². The highest BCUT2D eigenvalue weighted by Crippen LogP contribution is 2.29. The van der Waals surface area contributed by atoms with Crippen LogP contribution in [0.5, 0.6) is 0 Å². The maximum absolute atomic E-state index is 11.4. The zero-order valence-electron chi connectivity index (χ0n) is 9.77. The monoisotopic (exact) mass is 307 g/mol. The molecule has 1 aliphatic heterocycles. The Kier molecular flexibility index (Phi) is 4.22. The standard InChI is InChI=1S/C12H15Cl2NO2S/c13-10-3-1-2-8(12(10)14)6-11(15)9-4-5-18(16,17)7-9/h1-3,9,11H,4-7,15H2. The maximum atomic E-state index is 11.4. The van der Waals surface area contributed by atoms with Crippen LogP contribution < -0.4 is 5.73 Å². The fraction of sp³-hybridized carbons (Fsp3) is 0.500. The summed E-state index contributed by atoms with van der Waals surface area (Å²) in [6.07, 6.45) is 1.20. The molecule has 2 unspecified atom stereocenters. The van der Waals surface area contributed by atoms with E-state index in [-0.39, 0.29) is 23.5 Å². The third-order valence-electron chi connectivity index (χ3n) is 3.36. The molecule has 0 spiro atoms. The number of hydrogen-bond donors (Lipinski definition) is 1. The minimum Gasteiger partial charge on any atom is -0.327 e. The van der Waals surface area contributed by atoms with Gasteiger partial charge in [-0.15, -0.1) is 0 Å². The molecule has 6 heteroatoms. The molecule has 1 saturated heterocycles. The normalized spacial score (nSPS) is 24.1. The molecule has 0 saturated carbocycles. The summed E-state index contributed by atoms with van der Waals surface area (Å²) in [6.45, 7) is 0. The largest absolute Gasteiger partial charge is 0.327 e. The van der Waals surface area contributed by atoms with Crippen molar-refractivity contribution in [2.24, 2.45) is 11.7 Å². The van der Waals surface area contributed by atoms with Crippen LogP contribution in [0.25, 0.3) is 0 Å². The van der Waals surface area contributed by atoms with Crippen molar-refractivity contribution in [1.29, 1.82) is 0 Å². The van der Waals surface area contributed by atoms with Gasteiger partial charge in [-0.05, 0) is 30.4 Å². The molecule has 18 heavy (non-hydrogen) atoms. The predicted molar refractivity (Wildman–Crippen MR) is 74.9 cm³/mol. The van der Waals surface area contributed by atoms with Gasteiger partial charge >= 0.3 is 0 Å². The van der Waals surface area contributed by atoms with Crippen LogP contribution in [0.15, 0.2) is 18.2 Å². The van der Waals surface area contributed by atoms with Gasteiger partial charge < -0.3 is 5.73 Å². The van der Waals surface area contributed by atoms with Crippen LogP contribution in [0.3, 0.4) is 0 Å². The number of benzene rings is 1. The number of rotatable bonds is 3. The fourth-order valence-electron chi connectivity index (χ4n) is 2.29. The molecular weight excluding hydrogens is 293 g/mol. The Morgan fingerprint density at radius 1 is 1.39 bits per heavy atom. The number of nitrogens with two attached hydrogens (primary N) is 1. The number of hydrogen-bond acceptors (Lipinski definition) is 3. The average Bonchev–Trinajstić information content (AvgIpc) is 2.65. The molecule has 0 aromatic heterocycles. The van der Waals surface area contributed by atoms with E-state index in [1.165, 1.54) is 0 Å². The number of halogens is 2. The van der Waals surface area contributed by atoms with E-state index in [0.717, 1.165) is 5.56 Å². The first-order valence-electron chi connectivity index (χ1n) is 5.78. The van der Waals surface area contributed by atoms with E-state index >= 15 is 0 Å². The molecule has 1 heterocycles. The lowest BCUT2D eigenvalue weighted by Crippen LogP contribution is -2.33. The Balaban J connectivity index is 2.08. The third kappa shape index (κ3) is 3.18. The zero-order chi connectivity index (χ0) is 13.3. The second-order valence-corrected chi connectivity index (χ2v) is 7.76. The lowest BCUT2D eigenvalue weighted by molar-refractivity contribution is 0.461. The van der Waals surface area contributed by atoms with Crippen LogP contribution in [0.1, 0.15) is 12.0 Å². The molecular formula is C12H15Cl2NO2S. The molecule has 3 nitrogen and oxygen atoms in total. The van der Waals surface area contributed by atoms with Gasteiger partial charge in [-0.3, -0.25) is 0 Å². The van der Waals surface area contributed by atoms with Crippen molar-refractivity contribution in [2.45, 2.75) is 18.9 Å². The highest BCUT2D eigenvalue weighted by atomic mass is 35.5. The molecule has 2 atom stereocenters. The molecule has 0 radical (unpaired) electrons. The predicted octanol–water partition coefficient (Wildman–Crippen LogP) is 2.30. The van der Waals surface area contributed by atoms with Crippen molar-refractivity contribution < 1.29 is 8.42 Å². The average molecular weight is 308 g/mol. The Bertz CT molecular complexity index is 545. The van der Waals surface area contributed by atoms with E-state index in [9.17, 15) is 8.42 Å². The molecule has 1 aromatic carbocycles. The molecule has 1 aromatic rings. The Hall–Kier alpha value is -0.290. The lowest BCUT2D eigenvalue weighted by Gasteiger charge is -2.18. The van der Waals surface area contributed by atoms with Gasteiger partial charge in [0, 0.05) is 6.04 Å². The lowest BCUT2D eigenvalue weighted by atomic mass is 9.94. The van der Waals surface area contributed by atoms with Crippen LogP contribution in [-0.4, -0.2) is 26.0 Å². The fourth-order valence-corrected chi connectivity index (χ4v) is 4.58. The Morgan fingerprint density at radius 3 is 2.72 bits per heavy atom. The van der Waals surface area contributed by atoms with E-state index in [0.29, 0.717) is 22.9 Å². The maximum Gasteiger partial charge on any atom is 0.150 e. The van der Waals surface area contributed by atoms with E-state index < -0.39 is 9.84 Å². The summed E-state index contributed by atoms with van der Waals surface area (Å²) in [7, 11) is -2.89. The zero-order valence-corrected chi connectivity index (χ0v) is 12.1. The highest BCUT2D eigenvalue weighted by molar-refractivity contribution is 7.91. The highest BCUT2D eigenvalue weighted by Gasteiger charge is 2.32. The van der Waals surface area contributed by atoms with Crippen molar-refractivity contribution in [1.82, 2.24) is 0 Å². The molecule has 0 bridgehead atoms. The topological polar surface area (TPSA) is 60.2 Å². The van der Waals surface area contributed by atoms with E-state index in [2.05, 4.69) is 0 Å². The molecule has 1 fully saturated rings. The van der Waals surface area contributed by atoms with Gasteiger partial charge in [0.2, 0.25) is 0 Å². The van der Waals surface area contributed by atoms with E-state index in [1.54, 1.807) is 6.07 Å². The van der Waals surface area contributed by atoms with E-state index in [4.69, 9.17) is 28.9 Å². The van der Waals surface area contributed by atoms with Gasteiger partial charge in [0.15, 0.2) is 9.84 Å². The molecule has 0 aliphatic carbocycles. The van der Waals surface area contributed by atoms with Gasteiger partial charge in [-0.2, -0.15) is 0 Å². The smallest absolute Gasteiger partial charge is 0.150 e. The molecule has 1 aliphatic rings. The van der Waals surface area contributed by atoms with Gasteiger partial charge in [-0.25, -0.2) is 8.42 Å². The van der Waals surface area contributed by atoms with Gasteiger partial charge in [0.05, 0.1) is 21.6 Å². The summed E-state index contributed by atoms with van der Waals surface area (Å²) in [5.74, 6) is 0.450. The van der Waals surface area contributed by atoms with Crippen molar-refractivity contribution in [3.63, 3.8) is 0 Å². The van der Waals surface area contributed by atoms with Crippen LogP contribution in [0.4, 0.5) is 0 Å². The molecule has 2 rings (SSSR count). The third-order valence-corrected chi connectivity index (χ3v) is 6.01. The summed E-state index contributed by atoms with van der Waals surface area (Å²) in [5.41, 5.74) is 6.96. The van der Waals surface area contributed by atoms with Crippen molar-refractivity contribution in [3.05, 3.63) is 33.8 Å². The van der Waals surface area contributed by atoms with E-state index in [1.807, 2.05) is 12.1 Å². The van der Waals surface area contributed by atoms with Crippen LogP contribution >= 0.6 is 23.2 Å². The van der Waals surface area contributed by atoms with Crippen molar-refractivity contribution in [2.75, 3.05) is 11.5 Å². The van der Waals surface area contributed by atoms with Crippen molar-refractivity contribution >= 4 is 33.0 Å². The van der Waals surface area contributed by atoms with Crippen LogP contribution in [0, 0.1) is 5.92 Å². The summed E-state index contributed by atoms with van der Waals surface area (Å²) in [4.78, 5) is 0. The first-order chi connectivity index (χ1) is 8.39. The molecule has 100 valence electrons.